The van der Waals surface area contributed by atoms with Crippen LogP contribution < -0.4 is 19.7 Å². The second kappa shape index (κ2) is 10.8. The summed E-state index contributed by atoms with van der Waals surface area (Å²) in [5.74, 6) is -0.269. The Labute approximate surface area is 253 Å². The van der Waals surface area contributed by atoms with Crippen molar-refractivity contribution in [2.24, 2.45) is 0 Å². The van der Waals surface area contributed by atoms with Crippen LogP contribution in [0.2, 0.25) is 10.0 Å². The first-order chi connectivity index (χ1) is 20.4. The van der Waals surface area contributed by atoms with Crippen molar-refractivity contribution in [1.82, 2.24) is 9.58 Å². The van der Waals surface area contributed by atoms with E-state index in [0.717, 1.165) is 44.2 Å². The molecule has 2 bridgehead atoms. The number of aromatic nitrogens is 1. The first-order valence-corrected chi connectivity index (χ1v) is 15.2. The third-order valence-corrected chi connectivity index (χ3v) is 9.28. The SMILES string of the molecule is O=C(Nc1ccc(Cl)cn1)c1cc(Cl)c2cc1N(C(=O)c1ccccc1OC1CCC3(CC1)OCCO3)[N+]21CCCC1. The Balaban J connectivity index is 1.20. The average molecular weight is 611 g/mol. The second-order valence-corrected chi connectivity index (χ2v) is 12.1. The Morgan fingerprint density at radius 3 is 2.45 bits per heavy atom. The predicted molar refractivity (Wildman–Crippen MR) is 160 cm³/mol. The number of pyridine rings is 1. The van der Waals surface area contributed by atoms with Gasteiger partial charge in [-0.05, 0) is 43.2 Å². The third-order valence-electron chi connectivity index (χ3n) is 8.76. The quantitative estimate of drug-likeness (QED) is 0.337. The summed E-state index contributed by atoms with van der Waals surface area (Å²) >= 11 is 12.8. The number of hydrogen-bond acceptors (Lipinski definition) is 6. The van der Waals surface area contributed by atoms with Crippen molar-refractivity contribution in [3.05, 3.63) is 75.9 Å². The van der Waals surface area contributed by atoms with Crippen LogP contribution in [0.4, 0.5) is 17.2 Å². The zero-order valence-electron chi connectivity index (χ0n) is 23.0. The number of hydrogen-bond donors (Lipinski definition) is 1. The summed E-state index contributed by atoms with van der Waals surface area (Å²) in [7, 11) is 0. The zero-order chi connectivity index (χ0) is 28.9. The molecule has 2 saturated heterocycles. The molecule has 2 spiro atoms. The molecule has 4 heterocycles. The summed E-state index contributed by atoms with van der Waals surface area (Å²) in [5, 5.41) is 5.46. The van der Waals surface area contributed by atoms with E-state index >= 15 is 0 Å². The maximum absolute atomic E-state index is 14.6. The van der Waals surface area contributed by atoms with Gasteiger partial charge in [-0.3, -0.25) is 9.59 Å². The van der Waals surface area contributed by atoms with E-state index in [1.807, 2.05) is 24.3 Å². The molecule has 1 aliphatic carbocycles. The molecule has 2 aromatic carbocycles. The Bertz CT molecular complexity index is 1530. The average Bonchev–Trinajstić information content (AvgIpc) is 3.73. The van der Waals surface area contributed by atoms with E-state index in [1.165, 1.54) is 6.20 Å². The van der Waals surface area contributed by atoms with E-state index in [-0.39, 0.29) is 16.6 Å². The topological polar surface area (TPSA) is 90.0 Å². The summed E-state index contributed by atoms with van der Waals surface area (Å²) in [5.41, 5.74) is 2.08. The minimum Gasteiger partial charge on any atom is -0.490 e. The first-order valence-electron chi connectivity index (χ1n) is 14.4. The normalized spacial score (nSPS) is 20.4. The number of nitrogens with zero attached hydrogens (tertiary/aromatic N) is 3. The van der Waals surface area contributed by atoms with E-state index in [2.05, 4.69) is 10.3 Å². The number of nitrogens with one attached hydrogen (secondary N) is 1. The highest BCUT2D eigenvalue weighted by atomic mass is 35.5. The van der Waals surface area contributed by atoms with Gasteiger partial charge < -0.3 is 19.5 Å². The fourth-order valence-electron chi connectivity index (χ4n) is 6.73. The molecule has 1 N–H and O–H groups in total. The molecule has 1 aromatic heterocycles. The number of fused-ring (bicyclic) bond motifs is 3. The van der Waals surface area contributed by atoms with Gasteiger partial charge in [0, 0.05) is 37.9 Å². The number of para-hydroxylation sites is 1. The molecule has 4 aliphatic rings. The highest BCUT2D eigenvalue weighted by molar-refractivity contribution is 6.35. The van der Waals surface area contributed by atoms with Crippen molar-refractivity contribution in [1.29, 1.82) is 0 Å². The number of halogens is 2. The van der Waals surface area contributed by atoms with Crippen molar-refractivity contribution in [3.63, 3.8) is 0 Å². The van der Waals surface area contributed by atoms with Gasteiger partial charge in [-0.15, -0.1) is 5.01 Å². The summed E-state index contributed by atoms with van der Waals surface area (Å²) in [6.45, 7) is 2.65. The van der Waals surface area contributed by atoms with Crippen molar-refractivity contribution in [2.45, 2.75) is 50.4 Å². The fraction of sp³-hybridized carbons (Fsp3) is 0.387. The second-order valence-electron chi connectivity index (χ2n) is 11.3. The molecule has 3 fully saturated rings. The van der Waals surface area contributed by atoms with Gasteiger partial charge in [0.25, 0.3) is 5.91 Å². The van der Waals surface area contributed by atoms with Crippen LogP contribution >= 0.6 is 23.2 Å². The van der Waals surface area contributed by atoms with Crippen LogP contribution in [0.5, 0.6) is 5.75 Å². The number of quaternary nitrogens is 1. The standard InChI is InChI=1S/C31H30Cl2N4O5/c32-20-7-8-28(34-19-20)35-29(38)23-17-24(33)26-18-25(23)36(37(26)13-3-4-14-37)30(39)22-5-1-2-6-27(22)42-21-9-11-31(12-10-21)40-15-16-41-31/h1-2,5-8,17-19,21H,3-4,9-16H2/p+1. The summed E-state index contributed by atoms with van der Waals surface area (Å²) in [6.07, 6.45) is 6.31. The van der Waals surface area contributed by atoms with Gasteiger partial charge in [0.15, 0.2) is 11.5 Å². The maximum atomic E-state index is 14.6. The molecule has 3 aliphatic heterocycles. The zero-order valence-corrected chi connectivity index (χ0v) is 24.5. The van der Waals surface area contributed by atoms with E-state index in [0.29, 0.717) is 64.7 Å². The van der Waals surface area contributed by atoms with Crippen molar-refractivity contribution >= 4 is 52.2 Å². The fourth-order valence-corrected chi connectivity index (χ4v) is 7.16. The Morgan fingerprint density at radius 2 is 1.74 bits per heavy atom. The number of carbonyl (C=O) groups excluding carboxylic acids is 2. The largest absolute Gasteiger partial charge is 0.490 e. The molecule has 9 nitrogen and oxygen atoms in total. The third kappa shape index (κ3) is 4.73. The Kier molecular flexibility index (Phi) is 7.11. The van der Waals surface area contributed by atoms with E-state index < -0.39 is 11.7 Å². The molecule has 2 amide bonds. The molecule has 218 valence electrons. The van der Waals surface area contributed by atoms with Gasteiger partial charge in [-0.25, -0.2) is 4.98 Å². The molecule has 0 unspecified atom stereocenters. The van der Waals surface area contributed by atoms with Crippen LogP contribution in [0.3, 0.4) is 0 Å². The lowest BCUT2D eigenvalue weighted by Gasteiger charge is -2.38. The monoisotopic (exact) mass is 609 g/mol. The molecular formula is C31H31Cl2N4O5+. The molecule has 7 rings (SSSR count). The highest BCUT2D eigenvalue weighted by Gasteiger charge is 2.53. The molecule has 42 heavy (non-hydrogen) atoms. The number of anilines is 2. The van der Waals surface area contributed by atoms with E-state index in [1.54, 1.807) is 29.3 Å². The van der Waals surface area contributed by atoms with Gasteiger partial charge in [0.1, 0.15) is 35.4 Å². The molecule has 0 radical (unpaired) electrons. The summed E-state index contributed by atoms with van der Waals surface area (Å²) in [4.78, 5) is 32.3. The van der Waals surface area contributed by atoms with Crippen molar-refractivity contribution < 1.29 is 23.8 Å². The lowest BCUT2D eigenvalue weighted by Crippen LogP contribution is -2.60. The molecule has 11 heteroatoms. The van der Waals surface area contributed by atoms with Gasteiger partial charge in [0.05, 0.1) is 35.5 Å². The Morgan fingerprint density at radius 1 is 1.00 bits per heavy atom. The van der Waals surface area contributed by atoms with Gasteiger partial charge in [-0.1, -0.05) is 35.3 Å². The van der Waals surface area contributed by atoms with E-state index in [4.69, 9.17) is 37.4 Å². The van der Waals surface area contributed by atoms with Crippen molar-refractivity contribution in [2.75, 3.05) is 36.6 Å². The smallest absolute Gasteiger partial charge is 0.308 e. The van der Waals surface area contributed by atoms with Crippen molar-refractivity contribution in [3.8, 4) is 5.75 Å². The Hall–Kier alpha value is -3.21. The van der Waals surface area contributed by atoms with Crippen LogP contribution in [0.25, 0.3) is 0 Å². The minimum atomic E-state index is -0.487. The van der Waals surface area contributed by atoms with Crippen LogP contribution in [0.1, 0.15) is 59.2 Å². The van der Waals surface area contributed by atoms with Crippen LogP contribution in [0, 0.1) is 0 Å². The van der Waals surface area contributed by atoms with Crippen LogP contribution in [0.15, 0.2) is 54.7 Å². The first kappa shape index (κ1) is 27.6. The number of amides is 2. The van der Waals surface area contributed by atoms with Crippen LogP contribution in [-0.2, 0) is 9.47 Å². The molecule has 0 atom stereocenters. The molecule has 3 aromatic rings. The van der Waals surface area contributed by atoms with Gasteiger partial charge in [0.2, 0.25) is 0 Å². The molecule has 1 saturated carbocycles. The maximum Gasteiger partial charge on any atom is 0.308 e. The van der Waals surface area contributed by atoms with E-state index in [9.17, 15) is 9.59 Å². The van der Waals surface area contributed by atoms with Gasteiger partial charge in [-0.2, -0.15) is 4.59 Å². The van der Waals surface area contributed by atoms with Gasteiger partial charge >= 0.3 is 5.91 Å². The van der Waals surface area contributed by atoms with Crippen LogP contribution in [-0.4, -0.2) is 55.0 Å². The highest BCUT2D eigenvalue weighted by Crippen LogP contribution is 2.50. The predicted octanol–water partition coefficient (Wildman–Crippen LogP) is 6.38. The number of rotatable bonds is 5. The summed E-state index contributed by atoms with van der Waals surface area (Å²) in [6, 6.07) is 14.1. The summed E-state index contributed by atoms with van der Waals surface area (Å²) < 4.78 is 18.5. The number of ether oxygens (including phenoxy) is 3. The number of benzene rings is 2. The number of carbonyl (C=O) groups is 2. The minimum absolute atomic E-state index is 0.0606. The lowest BCUT2D eigenvalue weighted by molar-refractivity contribution is -0.186. The molecular weight excluding hydrogens is 579 g/mol. The lowest BCUT2D eigenvalue weighted by atomic mass is 9.91.